The predicted octanol–water partition coefficient (Wildman–Crippen LogP) is 2.32. The fourth-order valence-corrected chi connectivity index (χ4v) is 2.99. The molecule has 0 aromatic carbocycles. The molecule has 1 N–H and O–H groups in total. The Morgan fingerprint density at radius 2 is 2.31 bits per heavy atom. The van der Waals surface area contributed by atoms with E-state index in [-0.39, 0.29) is 0 Å². The van der Waals surface area contributed by atoms with E-state index in [4.69, 9.17) is 0 Å². The van der Waals surface area contributed by atoms with Crippen LogP contribution in [0.15, 0.2) is 5.51 Å². The van der Waals surface area contributed by atoms with Gasteiger partial charge >= 0.3 is 0 Å². The van der Waals surface area contributed by atoms with Crippen molar-refractivity contribution in [2.75, 3.05) is 0 Å². The summed E-state index contributed by atoms with van der Waals surface area (Å²) < 4.78 is 0. The summed E-state index contributed by atoms with van der Waals surface area (Å²) in [6.07, 6.45) is 1.14. The monoisotopic (exact) mass is 197 g/mol. The van der Waals surface area contributed by atoms with E-state index in [0.717, 1.165) is 17.0 Å². The summed E-state index contributed by atoms with van der Waals surface area (Å²) in [6.45, 7) is 6.07. The Kier molecular flexibility index (Phi) is 1.96. The van der Waals surface area contributed by atoms with Gasteiger partial charge in [0, 0.05) is 0 Å². The highest BCUT2D eigenvalue weighted by Crippen LogP contribution is 2.51. The minimum Gasteiger partial charge on any atom is -0.384 e. The highest BCUT2D eigenvalue weighted by molar-refractivity contribution is 7.09. The van der Waals surface area contributed by atoms with E-state index in [1.165, 1.54) is 0 Å². The second-order valence-corrected chi connectivity index (χ2v) is 5.09. The third-order valence-electron chi connectivity index (χ3n) is 3.04. The van der Waals surface area contributed by atoms with Gasteiger partial charge in [0.2, 0.25) is 0 Å². The summed E-state index contributed by atoms with van der Waals surface area (Å²) in [5, 5.41) is 10.3. The molecule has 0 amide bonds. The molecule has 72 valence electrons. The van der Waals surface area contributed by atoms with Crippen molar-refractivity contribution in [1.82, 2.24) is 4.98 Å². The van der Waals surface area contributed by atoms with E-state index >= 15 is 0 Å². The van der Waals surface area contributed by atoms with E-state index in [1.54, 1.807) is 11.3 Å². The van der Waals surface area contributed by atoms with Crippen LogP contribution in [0, 0.1) is 18.8 Å². The van der Waals surface area contributed by atoms with Gasteiger partial charge in [0.05, 0.1) is 16.1 Å². The molecule has 1 heterocycles. The first kappa shape index (κ1) is 9.16. The van der Waals surface area contributed by atoms with Gasteiger partial charge in [-0.25, -0.2) is 4.98 Å². The van der Waals surface area contributed by atoms with Crippen LogP contribution in [0.2, 0.25) is 0 Å². The molecule has 1 aromatic heterocycles. The van der Waals surface area contributed by atoms with Crippen LogP contribution in [-0.4, -0.2) is 10.1 Å². The molecule has 1 saturated carbocycles. The van der Waals surface area contributed by atoms with Crippen molar-refractivity contribution >= 4 is 11.3 Å². The van der Waals surface area contributed by atoms with E-state index in [2.05, 4.69) is 11.9 Å². The zero-order valence-corrected chi connectivity index (χ0v) is 9.06. The van der Waals surface area contributed by atoms with Crippen molar-refractivity contribution in [2.45, 2.75) is 32.8 Å². The quantitative estimate of drug-likeness (QED) is 0.789. The van der Waals surface area contributed by atoms with Crippen LogP contribution in [-0.2, 0) is 5.60 Å². The number of aliphatic hydroxyl groups is 1. The second kappa shape index (κ2) is 2.79. The fraction of sp³-hybridized carbons (Fsp3) is 0.700. The van der Waals surface area contributed by atoms with Gasteiger partial charge in [0.1, 0.15) is 5.60 Å². The maximum absolute atomic E-state index is 10.3. The molecular weight excluding hydrogens is 182 g/mol. The van der Waals surface area contributed by atoms with Crippen LogP contribution >= 0.6 is 11.3 Å². The molecule has 0 saturated heterocycles. The number of hydrogen-bond donors (Lipinski definition) is 1. The molecule has 1 fully saturated rings. The van der Waals surface area contributed by atoms with Crippen LogP contribution < -0.4 is 0 Å². The maximum Gasteiger partial charge on any atom is 0.101 e. The lowest BCUT2D eigenvalue weighted by Crippen LogP contribution is -2.24. The predicted molar refractivity (Wildman–Crippen MR) is 53.7 cm³/mol. The molecule has 0 bridgehead atoms. The Morgan fingerprint density at radius 1 is 1.69 bits per heavy atom. The molecule has 2 rings (SSSR count). The van der Waals surface area contributed by atoms with Crippen LogP contribution in [0.5, 0.6) is 0 Å². The molecule has 13 heavy (non-hydrogen) atoms. The number of aromatic nitrogens is 1. The van der Waals surface area contributed by atoms with Crippen molar-refractivity contribution < 1.29 is 5.11 Å². The number of nitrogens with zero attached hydrogens (tertiary/aromatic N) is 1. The van der Waals surface area contributed by atoms with Crippen molar-refractivity contribution in [2.24, 2.45) is 11.8 Å². The average molecular weight is 197 g/mol. The summed E-state index contributed by atoms with van der Waals surface area (Å²) in [7, 11) is 0. The lowest BCUT2D eigenvalue weighted by Gasteiger charge is -2.22. The third-order valence-corrected chi connectivity index (χ3v) is 4.19. The topological polar surface area (TPSA) is 33.1 Å². The first-order valence-electron chi connectivity index (χ1n) is 4.66. The molecule has 3 unspecified atom stereocenters. The van der Waals surface area contributed by atoms with E-state index in [9.17, 15) is 5.11 Å². The van der Waals surface area contributed by atoms with E-state index in [1.807, 2.05) is 19.4 Å². The Balaban J connectivity index is 2.29. The van der Waals surface area contributed by atoms with Gasteiger partial charge in [-0.05, 0) is 32.1 Å². The number of hydrogen-bond acceptors (Lipinski definition) is 3. The molecular formula is C10H15NOS. The van der Waals surface area contributed by atoms with Gasteiger partial charge in [0.15, 0.2) is 0 Å². The Morgan fingerprint density at radius 3 is 2.69 bits per heavy atom. The van der Waals surface area contributed by atoms with Gasteiger partial charge < -0.3 is 5.11 Å². The molecule has 0 radical (unpaired) electrons. The first-order chi connectivity index (χ1) is 6.03. The fourth-order valence-electron chi connectivity index (χ4n) is 2.06. The molecule has 3 atom stereocenters. The lowest BCUT2D eigenvalue weighted by molar-refractivity contribution is 0.0312. The molecule has 0 aliphatic heterocycles. The van der Waals surface area contributed by atoms with Gasteiger partial charge in [-0.1, -0.05) is 6.92 Å². The standard InChI is InChI=1S/C10H15NOS/c1-6-4-8(6)10(3,12)9-7(2)11-5-13-9/h5-6,8,12H,4H2,1-3H3. The molecule has 0 spiro atoms. The molecule has 3 heteroatoms. The summed E-state index contributed by atoms with van der Waals surface area (Å²) in [5.41, 5.74) is 2.14. The van der Waals surface area contributed by atoms with E-state index in [0.29, 0.717) is 11.8 Å². The van der Waals surface area contributed by atoms with Gasteiger partial charge in [-0.15, -0.1) is 11.3 Å². The molecule has 1 aliphatic carbocycles. The number of aryl methyl sites for hydroxylation is 1. The average Bonchev–Trinajstić information content (AvgIpc) is 2.60. The van der Waals surface area contributed by atoms with Crippen LogP contribution in [0.1, 0.15) is 30.8 Å². The largest absolute Gasteiger partial charge is 0.384 e. The van der Waals surface area contributed by atoms with Crippen LogP contribution in [0.4, 0.5) is 0 Å². The van der Waals surface area contributed by atoms with Crippen molar-refractivity contribution in [1.29, 1.82) is 0 Å². The van der Waals surface area contributed by atoms with Crippen molar-refractivity contribution in [3.05, 3.63) is 16.1 Å². The van der Waals surface area contributed by atoms with Crippen LogP contribution in [0.25, 0.3) is 0 Å². The minimum absolute atomic E-state index is 0.437. The molecule has 2 nitrogen and oxygen atoms in total. The number of thiazole rings is 1. The summed E-state index contributed by atoms with van der Waals surface area (Å²) in [6, 6.07) is 0. The summed E-state index contributed by atoms with van der Waals surface area (Å²) >= 11 is 1.57. The smallest absolute Gasteiger partial charge is 0.101 e. The van der Waals surface area contributed by atoms with Gasteiger partial charge in [-0.2, -0.15) is 0 Å². The molecule has 1 aromatic rings. The lowest BCUT2D eigenvalue weighted by atomic mass is 9.96. The Bertz CT molecular complexity index is 318. The van der Waals surface area contributed by atoms with Crippen molar-refractivity contribution in [3.63, 3.8) is 0 Å². The van der Waals surface area contributed by atoms with Crippen molar-refractivity contribution in [3.8, 4) is 0 Å². The Hall–Kier alpha value is -0.410. The first-order valence-corrected chi connectivity index (χ1v) is 5.54. The third kappa shape index (κ3) is 1.40. The minimum atomic E-state index is -0.648. The summed E-state index contributed by atoms with van der Waals surface area (Å²) in [5.74, 6) is 1.10. The van der Waals surface area contributed by atoms with Crippen LogP contribution in [0.3, 0.4) is 0 Å². The molecule has 1 aliphatic rings. The SMILES string of the molecule is Cc1ncsc1C(C)(O)C1CC1C. The zero-order chi connectivity index (χ0) is 9.64. The van der Waals surface area contributed by atoms with Gasteiger partial charge in [0.25, 0.3) is 0 Å². The second-order valence-electron chi connectivity index (χ2n) is 4.23. The zero-order valence-electron chi connectivity index (χ0n) is 8.24. The Labute approximate surface area is 82.6 Å². The maximum atomic E-state index is 10.3. The normalized spacial score (nSPS) is 31.4. The highest BCUT2D eigenvalue weighted by Gasteiger charge is 2.48. The number of rotatable bonds is 2. The highest BCUT2D eigenvalue weighted by atomic mass is 32.1. The summed E-state index contributed by atoms with van der Waals surface area (Å²) in [4.78, 5) is 5.22. The van der Waals surface area contributed by atoms with E-state index < -0.39 is 5.60 Å². The van der Waals surface area contributed by atoms with Gasteiger partial charge in [-0.3, -0.25) is 0 Å².